The molecule has 1 aromatic carbocycles. The molecule has 0 unspecified atom stereocenters. The number of aryl methyl sites for hydroxylation is 1. The molecule has 2 aromatic rings. The van der Waals surface area contributed by atoms with Gasteiger partial charge in [-0.2, -0.15) is 0 Å². The molecule has 7 heteroatoms. The topological polar surface area (TPSA) is 87.9 Å². The molecule has 2 aliphatic rings. The Labute approximate surface area is 173 Å². The summed E-state index contributed by atoms with van der Waals surface area (Å²) in [5.74, 6) is -1.67. The SMILES string of the molecule is CCc1ccc2c(CN3C(=O)C(=O)N(CCC4=CCCCC4)C3=O)cc(=O)oc2c1. The number of hydrogen-bond acceptors (Lipinski definition) is 5. The molecule has 0 spiro atoms. The summed E-state index contributed by atoms with van der Waals surface area (Å²) in [4.78, 5) is 51.7. The summed E-state index contributed by atoms with van der Waals surface area (Å²) in [6.45, 7) is 2.05. The van der Waals surface area contributed by atoms with E-state index in [-0.39, 0.29) is 13.1 Å². The van der Waals surface area contributed by atoms with E-state index in [9.17, 15) is 19.2 Å². The van der Waals surface area contributed by atoms with Crippen LogP contribution in [0.2, 0.25) is 0 Å². The number of fused-ring (bicyclic) bond motifs is 1. The van der Waals surface area contributed by atoms with Gasteiger partial charge in [-0.3, -0.25) is 19.4 Å². The molecule has 0 atom stereocenters. The number of urea groups is 1. The molecule has 0 radical (unpaired) electrons. The van der Waals surface area contributed by atoms with E-state index >= 15 is 0 Å². The molecule has 0 N–H and O–H groups in total. The molecule has 4 rings (SSSR count). The van der Waals surface area contributed by atoms with Crippen molar-refractivity contribution in [2.24, 2.45) is 0 Å². The van der Waals surface area contributed by atoms with E-state index < -0.39 is 23.5 Å². The van der Waals surface area contributed by atoms with Crippen LogP contribution in [-0.4, -0.2) is 34.2 Å². The van der Waals surface area contributed by atoms with Crippen LogP contribution in [0.15, 0.2) is 45.1 Å². The largest absolute Gasteiger partial charge is 0.423 e. The maximum Gasteiger partial charge on any atom is 0.336 e. The van der Waals surface area contributed by atoms with E-state index in [1.807, 2.05) is 19.1 Å². The third-order valence-corrected chi connectivity index (χ3v) is 5.81. The molecule has 156 valence electrons. The van der Waals surface area contributed by atoms with E-state index in [2.05, 4.69) is 6.08 Å². The predicted octanol–water partition coefficient (Wildman–Crippen LogP) is 3.54. The van der Waals surface area contributed by atoms with Gasteiger partial charge in [0.2, 0.25) is 0 Å². The fraction of sp³-hybridized carbons (Fsp3) is 0.391. The number of benzene rings is 1. The lowest BCUT2D eigenvalue weighted by Gasteiger charge is -2.18. The maximum atomic E-state index is 12.8. The van der Waals surface area contributed by atoms with Crippen LogP contribution >= 0.6 is 0 Å². The minimum atomic E-state index is -0.857. The summed E-state index contributed by atoms with van der Waals surface area (Å²) in [6.07, 6.45) is 7.81. The van der Waals surface area contributed by atoms with Crippen LogP contribution in [0.4, 0.5) is 4.79 Å². The van der Waals surface area contributed by atoms with Gasteiger partial charge in [-0.1, -0.05) is 30.7 Å². The van der Waals surface area contributed by atoms with Crippen LogP contribution in [0, 0.1) is 0 Å². The van der Waals surface area contributed by atoms with Crippen molar-refractivity contribution < 1.29 is 18.8 Å². The molecular formula is C23H24N2O5. The molecule has 2 heterocycles. The number of hydrogen-bond donors (Lipinski definition) is 0. The van der Waals surface area contributed by atoms with E-state index in [4.69, 9.17) is 4.42 Å². The summed E-state index contributed by atoms with van der Waals surface area (Å²) in [6, 6.07) is 6.15. The summed E-state index contributed by atoms with van der Waals surface area (Å²) in [7, 11) is 0. The molecular weight excluding hydrogens is 384 g/mol. The lowest BCUT2D eigenvalue weighted by Crippen LogP contribution is -2.34. The Balaban J connectivity index is 1.56. The highest BCUT2D eigenvalue weighted by Gasteiger charge is 2.44. The van der Waals surface area contributed by atoms with Gasteiger partial charge in [0.1, 0.15) is 5.58 Å². The van der Waals surface area contributed by atoms with E-state index in [0.717, 1.165) is 47.5 Å². The van der Waals surface area contributed by atoms with Gasteiger partial charge in [-0.05, 0) is 55.7 Å². The van der Waals surface area contributed by atoms with Gasteiger partial charge >= 0.3 is 23.5 Å². The van der Waals surface area contributed by atoms with Crippen LogP contribution in [-0.2, 0) is 22.6 Å². The molecule has 0 bridgehead atoms. The molecule has 1 aromatic heterocycles. The van der Waals surface area contributed by atoms with Gasteiger partial charge in [0.25, 0.3) is 0 Å². The third-order valence-electron chi connectivity index (χ3n) is 5.81. The quantitative estimate of drug-likeness (QED) is 0.316. The summed E-state index contributed by atoms with van der Waals surface area (Å²) >= 11 is 0. The Morgan fingerprint density at radius 3 is 2.53 bits per heavy atom. The minimum absolute atomic E-state index is 0.143. The van der Waals surface area contributed by atoms with Crippen LogP contribution < -0.4 is 5.63 Å². The van der Waals surface area contributed by atoms with Gasteiger partial charge < -0.3 is 4.42 Å². The normalized spacial score (nSPS) is 17.2. The highest BCUT2D eigenvalue weighted by atomic mass is 16.4. The van der Waals surface area contributed by atoms with Gasteiger partial charge in [-0.25, -0.2) is 9.59 Å². The molecule has 7 nitrogen and oxygen atoms in total. The number of nitrogens with zero attached hydrogens (tertiary/aromatic N) is 2. The van der Waals surface area contributed by atoms with Crippen molar-refractivity contribution in [3.63, 3.8) is 0 Å². The predicted molar refractivity (Wildman–Crippen MR) is 111 cm³/mol. The molecule has 1 fully saturated rings. The van der Waals surface area contributed by atoms with Crippen LogP contribution in [0.25, 0.3) is 11.0 Å². The zero-order valence-electron chi connectivity index (χ0n) is 17.0. The molecule has 4 amide bonds. The first-order valence-corrected chi connectivity index (χ1v) is 10.4. The zero-order chi connectivity index (χ0) is 21.3. The van der Waals surface area contributed by atoms with Crippen molar-refractivity contribution in [3.8, 4) is 0 Å². The zero-order valence-corrected chi connectivity index (χ0v) is 17.0. The van der Waals surface area contributed by atoms with E-state index in [1.165, 1.54) is 11.6 Å². The van der Waals surface area contributed by atoms with Gasteiger partial charge in [0, 0.05) is 18.0 Å². The highest BCUT2D eigenvalue weighted by Crippen LogP contribution is 2.25. The monoisotopic (exact) mass is 408 g/mol. The minimum Gasteiger partial charge on any atom is -0.423 e. The van der Waals surface area contributed by atoms with Crippen molar-refractivity contribution in [3.05, 3.63) is 57.5 Å². The highest BCUT2D eigenvalue weighted by molar-refractivity contribution is 6.44. The summed E-state index contributed by atoms with van der Waals surface area (Å²) < 4.78 is 5.28. The van der Waals surface area contributed by atoms with E-state index in [0.29, 0.717) is 23.0 Å². The van der Waals surface area contributed by atoms with Crippen LogP contribution in [0.1, 0.15) is 50.2 Å². The second-order valence-electron chi connectivity index (χ2n) is 7.76. The molecule has 1 saturated heterocycles. The van der Waals surface area contributed by atoms with Crippen molar-refractivity contribution in [1.82, 2.24) is 9.80 Å². The molecule has 30 heavy (non-hydrogen) atoms. The first-order chi connectivity index (χ1) is 14.5. The van der Waals surface area contributed by atoms with E-state index in [1.54, 1.807) is 6.07 Å². The van der Waals surface area contributed by atoms with Crippen molar-refractivity contribution in [2.45, 2.75) is 52.0 Å². The fourth-order valence-corrected chi connectivity index (χ4v) is 4.07. The summed E-state index contributed by atoms with van der Waals surface area (Å²) in [5, 5.41) is 0.644. The second-order valence-corrected chi connectivity index (χ2v) is 7.76. The number of carbonyl (C=O) groups excluding carboxylic acids is 3. The Kier molecular flexibility index (Phi) is 5.53. The first kappa shape index (κ1) is 20.1. The Hall–Kier alpha value is -3.22. The number of carbonyl (C=O) groups is 3. The van der Waals surface area contributed by atoms with Gasteiger partial charge in [-0.15, -0.1) is 0 Å². The molecule has 1 aliphatic carbocycles. The standard InChI is InChI=1S/C23H24N2O5/c1-2-15-8-9-18-17(13-20(26)30-19(18)12-15)14-25-22(28)21(27)24(23(25)29)11-10-16-6-4-3-5-7-16/h6,8-9,12-13H,2-5,7,10-11,14H2,1H3. The van der Waals surface area contributed by atoms with Gasteiger partial charge in [0.15, 0.2) is 0 Å². The molecule has 1 aliphatic heterocycles. The smallest absolute Gasteiger partial charge is 0.336 e. The van der Waals surface area contributed by atoms with Gasteiger partial charge in [0.05, 0.1) is 6.54 Å². The van der Waals surface area contributed by atoms with Crippen molar-refractivity contribution in [2.75, 3.05) is 6.54 Å². The Morgan fingerprint density at radius 2 is 1.80 bits per heavy atom. The number of imide groups is 2. The third kappa shape index (κ3) is 3.79. The average Bonchev–Trinajstić information content (AvgIpc) is 2.95. The second kappa shape index (κ2) is 8.26. The van der Waals surface area contributed by atoms with Crippen molar-refractivity contribution >= 4 is 28.8 Å². The molecule has 0 saturated carbocycles. The lowest BCUT2D eigenvalue weighted by atomic mass is 9.97. The average molecular weight is 408 g/mol. The number of rotatable bonds is 6. The Bertz CT molecular complexity index is 1110. The maximum absolute atomic E-state index is 12.8. The Morgan fingerprint density at radius 1 is 1.00 bits per heavy atom. The lowest BCUT2D eigenvalue weighted by molar-refractivity contribution is -0.143. The number of allylic oxidation sites excluding steroid dienone is 1. The first-order valence-electron chi connectivity index (χ1n) is 10.4. The summed E-state index contributed by atoms with van der Waals surface area (Å²) in [5.41, 5.74) is 2.57. The number of amides is 4. The van der Waals surface area contributed by atoms with Crippen LogP contribution in [0.3, 0.4) is 0 Å². The van der Waals surface area contributed by atoms with Crippen LogP contribution in [0.5, 0.6) is 0 Å². The fourth-order valence-electron chi connectivity index (χ4n) is 4.07. The van der Waals surface area contributed by atoms with Crippen molar-refractivity contribution in [1.29, 1.82) is 0 Å².